The number of rotatable bonds is 6. The molecule has 1 heterocycles. The molecule has 2 rings (SSSR count). The van der Waals surface area contributed by atoms with Crippen LogP contribution in [0.5, 0.6) is 0 Å². The Morgan fingerprint density at radius 2 is 2.14 bits per heavy atom. The minimum Gasteiger partial charge on any atom is -0.396 e. The molecule has 1 fully saturated rings. The average Bonchev–Trinajstić information content (AvgIpc) is 3.09. The van der Waals surface area contributed by atoms with Gasteiger partial charge in [0.25, 0.3) is 5.91 Å². The van der Waals surface area contributed by atoms with E-state index in [1.165, 1.54) is 4.68 Å². The van der Waals surface area contributed by atoms with Gasteiger partial charge in [0, 0.05) is 32.2 Å². The van der Waals surface area contributed by atoms with Crippen LogP contribution < -0.4 is 10.6 Å². The fourth-order valence-corrected chi connectivity index (χ4v) is 2.48. The second kappa shape index (κ2) is 7.21. The molecule has 0 radical (unpaired) electrons. The molecule has 2 amide bonds. The number of hydrogen-bond acceptors (Lipinski definition) is 4. The van der Waals surface area contributed by atoms with Crippen LogP contribution in [0.25, 0.3) is 0 Å². The predicted octanol–water partition coefficient (Wildman–Crippen LogP) is 0.661. The molecule has 0 aromatic carbocycles. The summed E-state index contributed by atoms with van der Waals surface area (Å²) in [5.41, 5.74) is 0.261. The van der Waals surface area contributed by atoms with Crippen molar-refractivity contribution in [3.05, 3.63) is 11.8 Å². The number of carbonyl (C=O) groups excluding carboxylic acids is 2. The zero-order chi connectivity index (χ0) is 15.2. The normalized spacial score (nSPS) is 15.1. The van der Waals surface area contributed by atoms with Crippen molar-refractivity contribution in [3.63, 3.8) is 0 Å². The third kappa shape index (κ3) is 4.04. The topological polar surface area (TPSA) is 96.2 Å². The minimum atomic E-state index is -0.305. The molecular weight excluding hydrogens is 272 g/mol. The smallest absolute Gasteiger partial charge is 0.271 e. The molecule has 1 aliphatic rings. The molecule has 0 atom stereocenters. The van der Waals surface area contributed by atoms with E-state index in [4.69, 9.17) is 5.11 Å². The highest BCUT2D eigenvalue weighted by molar-refractivity contribution is 5.96. The van der Waals surface area contributed by atoms with E-state index >= 15 is 0 Å². The molecule has 0 unspecified atom stereocenters. The number of aliphatic hydroxyl groups is 1. The Bertz CT molecular complexity index is 506. The summed E-state index contributed by atoms with van der Waals surface area (Å²) in [6.45, 7) is 0.431. The standard InChI is InChI=1S/C14H22N4O3/c1-18-12(16-13(20)10-5-2-3-6-10)9-11(17-18)14(21)15-7-4-8-19/h9-10,19H,2-8H2,1H3,(H,15,21)(H,16,20). The summed E-state index contributed by atoms with van der Waals surface area (Å²) in [5, 5.41) is 18.3. The highest BCUT2D eigenvalue weighted by Crippen LogP contribution is 2.26. The van der Waals surface area contributed by atoms with Crippen LogP contribution in [0.3, 0.4) is 0 Å². The number of nitrogens with one attached hydrogen (secondary N) is 2. The summed E-state index contributed by atoms with van der Waals surface area (Å²) in [6, 6.07) is 1.57. The third-order valence-corrected chi connectivity index (χ3v) is 3.71. The van der Waals surface area contributed by atoms with Gasteiger partial charge in [0.2, 0.25) is 5.91 Å². The van der Waals surface area contributed by atoms with Crippen molar-refractivity contribution in [2.24, 2.45) is 13.0 Å². The maximum absolute atomic E-state index is 12.1. The molecule has 7 heteroatoms. The van der Waals surface area contributed by atoms with E-state index in [1.807, 2.05) is 0 Å². The Kier molecular flexibility index (Phi) is 5.32. The second-order valence-electron chi connectivity index (χ2n) is 5.34. The SMILES string of the molecule is Cn1nc(C(=O)NCCCO)cc1NC(=O)C1CCCC1. The number of aromatic nitrogens is 2. The Hall–Kier alpha value is -1.89. The molecule has 0 aliphatic heterocycles. The van der Waals surface area contributed by atoms with Crippen LogP contribution in [0.1, 0.15) is 42.6 Å². The first-order valence-corrected chi connectivity index (χ1v) is 7.35. The van der Waals surface area contributed by atoms with Gasteiger partial charge in [-0.1, -0.05) is 12.8 Å². The number of carbonyl (C=O) groups is 2. The largest absolute Gasteiger partial charge is 0.396 e. The van der Waals surface area contributed by atoms with Gasteiger partial charge in [0.1, 0.15) is 5.82 Å². The number of aryl methyl sites for hydroxylation is 1. The van der Waals surface area contributed by atoms with Gasteiger partial charge in [0.15, 0.2) is 5.69 Å². The number of hydrogen-bond donors (Lipinski definition) is 3. The molecule has 1 saturated carbocycles. The van der Waals surface area contributed by atoms with Gasteiger partial charge in [-0.3, -0.25) is 14.3 Å². The lowest BCUT2D eigenvalue weighted by Crippen LogP contribution is -2.25. The molecule has 0 saturated heterocycles. The summed E-state index contributed by atoms with van der Waals surface area (Å²) >= 11 is 0. The van der Waals surface area contributed by atoms with Crippen LogP contribution in [-0.2, 0) is 11.8 Å². The highest BCUT2D eigenvalue weighted by Gasteiger charge is 2.24. The van der Waals surface area contributed by atoms with E-state index in [0.717, 1.165) is 25.7 Å². The fourth-order valence-electron chi connectivity index (χ4n) is 2.48. The van der Waals surface area contributed by atoms with Crippen molar-refractivity contribution in [2.45, 2.75) is 32.1 Å². The van der Waals surface area contributed by atoms with E-state index in [9.17, 15) is 9.59 Å². The van der Waals surface area contributed by atoms with Crippen molar-refractivity contribution >= 4 is 17.6 Å². The van der Waals surface area contributed by atoms with E-state index in [1.54, 1.807) is 13.1 Å². The molecule has 1 aromatic heterocycles. The first-order chi connectivity index (χ1) is 10.1. The van der Waals surface area contributed by atoms with Crippen molar-refractivity contribution in [1.82, 2.24) is 15.1 Å². The molecule has 1 aromatic rings. The Morgan fingerprint density at radius 3 is 2.81 bits per heavy atom. The lowest BCUT2D eigenvalue weighted by Gasteiger charge is -2.09. The lowest BCUT2D eigenvalue weighted by atomic mass is 10.1. The Balaban J connectivity index is 1.95. The summed E-state index contributed by atoms with van der Waals surface area (Å²) in [7, 11) is 1.69. The van der Waals surface area contributed by atoms with Crippen LogP contribution in [0.4, 0.5) is 5.82 Å². The van der Waals surface area contributed by atoms with E-state index < -0.39 is 0 Å². The first kappa shape index (κ1) is 15.5. The zero-order valence-corrected chi connectivity index (χ0v) is 12.3. The lowest BCUT2D eigenvalue weighted by molar-refractivity contribution is -0.119. The van der Waals surface area contributed by atoms with E-state index in [0.29, 0.717) is 18.8 Å². The van der Waals surface area contributed by atoms with Crippen LogP contribution in [0, 0.1) is 5.92 Å². The van der Waals surface area contributed by atoms with Crippen molar-refractivity contribution in [3.8, 4) is 0 Å². The number of anilines is 1. The number of nitrogens with zero attached hydrogens (tertiary/aromatic N) is 2. The maximum Gasteiger partial charge on any atom is 0.271 e. The van der Waals surface area contributed by atoms with Crippen molar-refractivity contribution in [1.29, 1.82) is 0 Å². The quantitative estimate of drug-likeness (QED) is 0.672. The molecule has 21 heavy (non-hydrogen) atoms. The van der Waals surface area contributed by atoms with Gasteiger partial charge in [-0.2, -0.15) is 5.10 Å². The predicted molar refractivity (Wildman–Crippen MR) is 77.8 cm³/mol. The van der Waals surface area contributed by atoms with Gasteiger partial charge in [-0.25, -0.2) is 0 Å². The molecule has 3 N–H and O–H groups in total. The first-order valence-electron chi connectivity index (χ1n) is 7.35. The minimum absolute atomic E-state index is 0.00254. The molecule has 0 spiro atoms. The van der Waals surface area contributed by atoms with Gasteiger partial charge >= 0.3 is 0 Å². The monoisotopic (exact) mass is 294 g/mol. The Labute approximate surface area is 123 Å². The van der Waals surface area contributed by atoms with E-state index in [2.05, 4.69) is 15.7 Å². The van der Waals surface area contributed by atoms with Crippen LogP contribution in [0.15, 0.2) is 6.07 Å². The van der Waals surface area contributed by atoms with Gasteiger partial charge in [0.05, 0.1) is 0 Å². The maximum atomic E-state index is 12.1. The number of aliphatic hydroxyl groups excluding tert-OH is 1. The Morgan fingerprint density at radius 1 is 1.43 bits per heavy atom. The molecule has 7 nitrogen and oxygen atoms in total. The van der Waals surface area contributed by atoms with Crippen LogP contribution in [-0.4, -0.2) is 39.9 Å². The molecule has 116 valence electrons. The summed E-state index contributed by atoms with van der Waals surface area (Å²) in [4.78, 5) is 23.9. The molecule has 0 bridgehead atoms. The van der Waals surface area contributed by atoms with Gasteiger partial charge in [-0.05, 0) is 19.3 Å². The summed E-state index contributed by atoms with van der Waals surface area (Å²) < 4.78 is 1.49. The number of amides is 2. The van der Waals surface area contributed by atoms with Gasteiger partial charge in [-0.15, -0.1) is 0 Å². The van der Waals surface area contributed by atoms with Crippen molar-refractivity contribution in [2.75, 3.05) is 18.5 Å². The highest BCUT2D eigenvalue weighted by atomic mass is 16.3. The van der Waals surface area contributed by atoms with E-state index in [-0.39, 0.29) is 30.0 Å². The van der Waals surface area contributed by atoms with Crippen LogP contribution >= 0.6 is 0 Å². The van der Waals surface area contributed by atoms with Gasteiger partial charge < -0.3 is 15.7 Å². The molecule has 1 aliphatic carbocycles. The van der Waals surface area contributed by atoms with Crippen LogP contribution in [0.2, 0.25) is 0 Å². The summed E-state index contributed by atoms with van der Waals surface area (Å²) in [5.74, 6) is 0.295. The fraction of sp³-hybridized carbons (Fsp3) is 0.643. The average molecular weight is 294 g/mol. The summed E-state index contributed by atoms with van der Waals surface area (Å²) in [6.07, 6.45) is 4.56. The third-order valence-electron chi connectivity index (χ3n) is 3.71. The molecular formula is C14H22N4O3. The second-order valence-corrected chi connectivity index (χ2v) is 5.34. The zero-order valence-electron chi connectivity index (χ0n) is 12.3. The van der Waals surface area contributed by atoms with Crippen molar-refractivity contribution < 1.29 is 14.7 Å².